The molecule has 0 saturated heterocycles. The van der Waals surface area contributed by atoms with Crippen LogP contribution in [0.4, 0.5) is 13.2 Å². The Balaban J connectivity index is 4.57. The average Bonchev–Trinajstić information content (AvgIpc) is 1.64. The van der Waals surface area contributed by atoms with Crippen LogP contribution < -0.4 is 0 Å². The van der Waals surface area contributed by atoms with Gasteiger partial charge in [-0.1, -0.05) is 0 Å². The highest BCUT2D eigenvalue weighted by molar-refractivity contribution is 7.87. The van der Waals surface area contributed by atoms with Gasteiger partial charge in [-0.25, -0.2) is 0 Å². The molecule has 0 unspecified atom stereocenters. The summed E-state index contributed by atoms with van der Waals surface area (Å²) >= 11 is 0. The topological polar surface area (TPSA) is 43.4 Å². The molecule has 0 aromatic rings. The second-order valence-corrected chi connectivity index (χ2v) is 2.62. The van der Waals surface area contributed by atoms with Gasteiger partial charge in [0.1, 0.15) is 0 Å². The Bertz CT molecular complexity index is 178. The van der Waals surface area contributed by atoms with Crippen LogP contribution in [0, 0.1) is 7.11 Å². The molecule has 55 valence electrons. The fourth-order valence-corrected chi connectivity index (χ4v) is 0.200. The maximum Gasteiger partial charge on any atom is 0.523 e. The number of hydrogen-bond donors (Lipinski definition) is 0. The summed E-state index contributed by atoms with van der Waals surface area (Å²) in [6.45, 7) is 0. The van der Waals surface area contributed by atoms with E-state index in [1.807, 2.05) is 0 Å². The van der Waals surface area contributed by atoms with Crippen LogP contribution in [0.3, 0.4) is 0 Å². The molecule has 0 bridgehead atoms. The van der Waals surface area contributed by atoms with Crippen molar-refractivity contribution < 1.29 is 25.8 Å². The van der Waals surface area contributed by atoms with Crippen molar-refractivity contribution >= 4 is 10.1 Å². The van der Waals surface area contributed by atoms with Gasteiger partial charge in [0.05, 0.1) is 7.11 Å². The summed E-state index contributed by atoms with van der Waals surface area (Å²) in [7, 11) is -3.33. The summed E-state index contributed by atoms with van der Waals surface area (Å²) in [5.41, 5.74) is -5.37. The first kappa shape index (κ1) is 8.70. The summed E-state index contributed by atoms with van der Waals surface area (Å²) in [6, 6.07) is 0. The van der Waals surface area contributed by atoms with Gasteiger partial charge in [0.25, 0.3) is 0 Å². The molecule has 0 heterocycles. The molecule has 1 radical (unpaired) electrons. The van der Waals surface area contributed by atoms with E-state index in [9.17, 15) is 21.6 Å². The number of hydrogen-bond acceptors (Lipinski definition) is 3. The zero-order valence-corrected chi connectivity index (χ0v) is 4.79. The smallest absolute Gasteiger partial charge is 0.261 e. The van der Waals surface area contributed by atoms with Crippen molar-refractivity contribution in [3.05, 3.63) is 7.11 Å². The van der Waals surface area contributed by atoms with Crippen molar-refractivity contribution in [3.63, 3.8) is 0 Å². The molecule has 7 heteroatoms. The summed E-state index contributed by atoms with van der Waals surface area (Å²) in [5.74, 6) is 0. The Morgan fingerprint density at radius 3 is 1.67 bits per heavy atom. The third-order valence-corrected chi connectivity index (χ3v) is 1.32. The van der Waals surface area contributed by atoms with Crippen LogP contribution in [0.25, 0.3) is 0 Å². The van der Waals surface area contributed by atoms with Gasteiger partial charge in [-0.2, -0.15) is 21.6 Å². The molecule has 0 aliphatic carbocycles. The Hall–Kier alpha value is -0.300. The maximum absolute atomic E-state index is 11.1. The lowest BCUT2D eigenvalue weighted by Gasteiger charge is -2.02. The molecule has 0 N–H and O–H groups in total. The molecule has 0 atom stereocenters. The molecule has 0 aromatic heterocycles. The standard InChI is InChI=1S/C2H2F3O3S/c1-8-9(6,7)2(3,4)5/h1H2. The molecule has 0 aliphatic heterocycles. The number of alkyl halides is 3. The molecule has 0 spiro atoms. The van der Waals surface area contributed by atoms with Crippen LogP contribution in [0.15, 0.2) is 0 Å². The fraction of sp³-hybridized carbons (Fsp3) is 0.500. The van der Waals surface area contributed by atoms with E-state index < -0.39 is 15.6 Å². The quantitative estimate of drug-likeness (QED) is 0.421. The minimum atomic E-state index is -5.45. The Morgan fingerprint density at radius 1 is 1.33 bits per heavy atom. The van der Waals surface area contributed by atoms with Gasteiger partial charge < -0.3 is 0 Å². The molecule has 0 rings (SSSR count). The third-order valence-electron chi connectivity index (χ3n) is 0.439. The second-order valence-electron chi connectivity index (χ2n) is 1.02. The average molecular weight is 163 g/mol. The van der Waals surface area contributed by atoms with E-state index in [0.717, 1.165) is 0 Å². The van der Waals surface area contributed by atoms with Crippen LogP contribution in [-0.2, 0) is 14.3 Å². The molecule has 0 aliphatic rings. The Labute approximate surface area is 49.5 Å². The van der Waals surface area contributed by atoms with Crippen LogP contribution in [0.2, 0.25) is 0 Å². The van der Waals surface area contributed by atoms with Gasteiger partial charge >= 0.3 is 15.6 Å². The minimum absolute atomic E-state index is 2.12. The predicted octanol–water partition coefficient (Wildman–Crippen LogP) is 0.644. The molecular weight excluding hydrogens is 161 g/mol. The fourth-order valence-electron chi connectivity index (χ4n) is 0.0668. The molecule has 0 aromatic carbocycles. The highest BCUT2D eigenvalue weighted by Gasteiger charge is 2.46. The predicted molar refractivity (Wildman–Crippen MR) is 21.4 cm³/mol. The monoisotopic (exact) mass is 163 g/mol. The molecular formula is C2H2F3O3S. The van der Waals surface area contributed by atoms with E-state index in [2.05, 4.69) is 11.3 Å². The SMILES string of the molecule is [CH2]OS(=O)(=O)C(F)(F)F. The molecule has 9 heavy (non-hydrogen) atoms. The molecule has 0 saturated carbocycles. The van der Waals surface area contributed by atoms with Crippen molar-refractivity contribution in [1.82, 2.24) is 0 Å². The molecule has 3 nitrogen and oxygen atoms in total. The van der Waals surface area contributed by atoms with Gasteiger partial charge in [0.15, 0.2) is 0 Å². The van der Waals surface area contributed by atoms with E-state index in [4.69, 9.17) is 0 Å². The first-order valence-electron chi connectivity index (χ1n) is 1.56. The summed E-state index contributed by atoms with van der Waals surface area (Å²) in [4.78, 5) is 0. The van der Waals surface area contributed by atoms with Gasteiger partial charge in [0, 0.05) is 0 Å². The van der Waals surface area contributed by atoms with Crippen LogP contribution in [-0.4, -0.2) is 13.9 Å². The first-order valence-corrected chi connectivity index (χ1v) is 2.97. The Morgan fingerprint density at radius 2 is 1.67 bits per heavy atom. The van der Waals surface area contributed by atoms with Crippen molar-refractivity contribution in [1.29, 1.82) is 0 Å². The number of rotatable bonds is 1. The van der Waals surface area contributed by atoms with E-state index in [1.54, 1.807) is 0 Å². The highest BCUT2D eigenvalue weighted by atomic mass is 32.2. The van der Waals surface area contributed by atoms with Gasteiger partial charge in [-0.05, 0) is 0 Å². The highest BCUT2D eigenvalue weighted by Crippen LogP contribution is 2.23. The lowest BCUT2D eigenvalue weighted by atomic mass is 11.6. The largest absolute Gasteiger partial charge is 0.523 e. The van der Waals surface area contributed by atoms with Crippen LogP contribution >= 0.6 is 0 Å². The summed E-state index contributed by atoms with van der Waals surface area (Å²) < 4.78 is 55.4. The Kier molecular flexibility index (Phi) is 2.07. The molecule has 0 amide bonds. The van der Waals surface area contributed by atoms with E-state index in [-0.39, 0.29) is 0 Å². The van der Waals surface area contributed by atoms with Crippen LogP contribution in [0.5, 0.6) is 0 Å². The zero-order valence-electron chi connectivity index (χ0n) is 3.97. The van der Waals surface area contributed by atoms with Gasteiger partial charge in [-0.15, -0.1) is 0 Å². The summed E-state index contributed by atoms with van der Waals surface area (Å²) in [6.07, 6.45) is 0. The normalized spacial score (nSPS) is 13.8. The van der Waals surface area contributed by atoms with Crippen molar-refractivity contribution in [2.45, 2.75) is 5.51 Å². The first-order chi connectivity index (χ1) is 3.81. The minimum Gasteiger partial charge on any atom is -0.261 e. The van der Waals surface area contributed by atoms with Crippen molar-refractivity contribution in [2.75, 3.05) is 0 Å². The number of halogens is 3. The lowest BCUT2D eigenvalue weighted by Crippen LogP contribution is -2.23. The maximum atomic E-state index is 11.1. The van der Waals surface area contributed by atoms with Gasteiger partial charge in [-0.3, -0.25) is 4.18 Å². The van der Waals surface area contributed by atoms with E-state index in [0.29, 0.717) is 0 Å². The third kappa shape index (κ3) is 1.83. The summed E-state index contributed by atoms with van der Waals surface area (Å²) in [5, 5.41) is 0. The van der Waals surface area contributed by atoms with Gasteiger partial charge in [0.2, 0.25) is 0 Å². The van der Waals surface area contributed by atoms with E-state index in [1.165, 1.54) is 0 Å². The van der Waals surface area contributed by atoms with E-state index >= 15 is 0 Å². The van der Waals surface area contributed by atoms with Crippen LogP contribution in [0.1, 0.15) is 0 Å². The molecule has 0 fully saturated rings. The lowest BCUT2D eigenvalue weighted by molar-refractivity contribution is -0.0516. The zero-order chi connectivity index (χ0) is 7.71. The second kappa shape index (κ2) is 2.14. The van der Waals surface area contributed by atoms with Crippen molar-refractivity contribution in [2.24, 2.45) is 0 Å². The van der Waals surface area contributed by atoms with Crippen molar-refractivity contribution in [3.8, 4) is 0 Å².